The zero-order valence-electron chi connectivity index (χ0n) is 16.5. The largest absolute Gasteiger partial charge is 0.497 e. The first kappa shape index (κ1) is 19.4. The van der Waals surface area contributed by atoms with Crippen LogP contribution in [0.4, 0.5) is 8.78 Å². The van der Waals surface area contributed by atoms with Gasteiger partial charge in [-0.05, 0) is 48.6 Å². The molecule has 0 bridgehead atoms. The third kappa shape index (κ3) is 3.59. The average Bonchev–Trinajstić information content (AvgIpc) is 3.03. The third-order valence-electron chi connectivity index (χ3n) is 5.73. The van der Waals surface area contributed by atoms with Crippen molar-refractivity contribution in [3.05, 3.63) is 64.9 Å². The van der Waals surface area contributed by atoms with Gasteiger partial charge in [0.1, 0.15) is 17.4 Å². The van der Waals surface area contributed by atoms with E-state index in [1.807, 2.05) is 28.8 Å². The molecule has 4 nitrogen and oxygen atoms in total. The van der Waals surface area contributed by atoms with E-state index in [-0.39, 0.29) is 18.3 Å². The molecule has 1 aromatic heterocycles. The lowest BCUT2D eigenvalue weighted by Crippen LogP contribution is -2.18. The summed E-state index contributed by atoms with van der Waals surface area (Å²) in [6.45, 7) is 0.427. The van der Waals surface area contributed by atoms with Crippen molar-refractivity contribution in [2.24, 2.45) is 0 Å². The van der Waals surface area contributed by atoms with E-state index in [1.165, 1.54) is 13.2 Å². The molecule has 1 atom stereocenters. The minimum atomic E-state index is -0.588. The number of carbonyl (C=O) groups is 1. The number of hydrogen-bond acceptors (Lipinski definition) is 3. The molecule has 4 rings (SSSR count). The molecule has 1 heterocycles. The minimum absolute atomic E-state index is 0.0840. The van der Waals surface area contributed by atoms with E-state index < -0.39 is 11.6 Å². The van der Waals surface area contributed by atoms with Crippen LogP contribution in [0.3, 0.4) is 0 Å². The first-order valence-corrected chi connectivity index (χ1v) is 9.71. The van der Waals surface area contributed by atoms with Crippen molar-refractivity contribution in [1.82, 2.24) is 4.57 Å². The van der Waals surface area contributed by atoms with Crippen molar-refractivity contribution in [1.29, 1.82) is 0 Å². The number of aromatic nitrogens is 1. The Balaban J connectivity index is 1.88. The van der Waals surface area contributed by atoms with Gasteiger partial charge in [-0.3, -0.25) is 4.79 Å². The van der Waals surface area contributed by atoms with E-state index in [0.717, 1.165) is 47.9 Å². The summed E-state index contributed by atoms with van der Waals surface area (Å²) in [7, 11) is 2.97. The molecule has 0 N–H and O–H groups in total. The number of nitrogens with zero attached hydrogens (tertiary/aromatic N) is 1. The van der Waals surface area contributed by atoms with Gasteiger partial charge in [-0.25, -0.2) is 8.78 Å². The minimum Gasteiger partial charge on any atom is -0.497 e. The molecule has 1 aliphatic carbocycles. The van der Waals surface area contributed by atoms with Gasteiger partial charge in [-0.15, -0.1) is 0 Å². The summed E-state index contributed by atoms with van der Waals surface area (Å²) in [4.78, 5) is 12.0. The average molecular weight is 399 g/mol. The number of rotatable bonds is 5. The topological polar surface area (TPSA) is 40.5 Å². The lowest BCUT2D eigenvalue weighted by Gasteiger charge is -2.25. The number of hydrogen-bond donors (Lipinski definition) is 0. The van der Waals surface area contributed by atoms with Crippen LogP contribution in [0.1, 0.15) is 42.0 Å². The predicted molar refractivity (Wildman–Crippen MR) is 106 cm³/mol. The van der Waals surface area contributed by atoms with Crippen LogP contribution >= 0.6 is 0 Å². The van der Waals surface area contributed by atoms with Crippen molar-refractivity contribution in [3.63, 3.8) is 0 Å². The number of halogens is 2. The Kier molecular flexibility index (Phi) is 5.26. The Morgan fingerprint density at radius 2 is 1.93 bits per heavy atom. The van der Waals surface area contributed by atoms with Crippen molar-refractivity contribution in [3.8, 4) is 5.75 Å². The molecule has 29 heavy (non-hydrogen) atoms. The van der Waals surface area contributed by atoms with E-state index in [0.29, 0.717) is 17.4 Å². The van der Waals surface area contributed by atoms with Gasteiger partial charge < -0.3 is 14.0 Å². The van der Waals surface area contributed by atoms with Gasteiger partial charge >= 0.3 is 5.97 Å². The van der Waals surface area contributed by atoms with E-state index in [1.54, 1.807) is 7.11 Å². The first-order valence-electron chi connectivity index (χ1n) is 9.71. The SMILES string of the molecule is COC(=O)CC1CCCc2c1n(Cc1ccc(OC)cc1)c1c(F)cc(F)cc21. The van der Waals surface area contributed by atoms with Crippen molar-refractivity contribution in [2.75, 3.05) is 14.2 Å². The smallest absolute Gasteiger partial charge is 0.306 e. The van der Waals surface area contributed by atoms with Crippen LogP contribution in [0.25, 0.3) is 10.9 Å². The first-order chi connectivity index (χ1) is 14.0. The molecule has 152 valence electrons. The Labute approximate surface area is 168 Å². The fourth-order valence-corrected chi connectivity index (χ4v) is 4.44. The van der Waals surface area contributed by atoms with Gasteiger partial charge in [0.2, 0.25) is 0 Å². The number of methoxy groups -OCH3 is 2. The number of aryl methyl sites for hydroxylation is 1. The number of esters is 1. The summed E-state index contributed by atoms with van der Waals surface area (Å²) in [6, 6.07) is 9.90. The summed E-state index contributed by atoms with van der Waals surface area (Å²) < 4.78 is 40.9. The number of ether oxygens (including phenoxy) is 2. The highest BCUT2D eigenvalue weighted by molar-refractivity contribution is 5.87. The summed E-state index contributed by atoms with van der Waals surface area (Å²) in [5.41, 5.74) is 3.21. The Morgan fingerprint density at radius 3 is 2.62 bits per heavy atom. The van der Waals surface area contributed by atoms with E-state index in [2.05, 4.69) is 0 Å². The lowest BCUT2D eigenvalue weighted by atomic mass is 9.84. The Hall–Kier alpha value is -2.89. The molecular weight excluding hydrogens is 376 g/mol. The van der Waals surface area contributed by atoms with Crippen molar-refractivity contribution < 1.29 is 23.0 Å². The number of fused-ring (bicyclic) bond motifs is 3. The van der Waals surface area contributed by atoms with Gasteiger partial charge in [0.05, 0.1) is 26.2 Å². The highest BCUT2D eigenvalue weighted by Gasteiger charge is 2.31. The molecule has 1 unspecified atom stereocenters. The maximum absolute atomic E-state index is 14.9. The maximum atomic E-state index is 14.9. The fourth-order valence-electron chi connectivity index (χ4n) is 4.44. The second-order valence-corrected chi connectivity index (χ2v) is 7.45. The number of benzene rings is 2. The molecule has 0 aliphatic heterocycles. The maximum Gasteiger partial charge on any atom is 0.306 e. The van der Waals surface area contributed by atoms with Crippen molar-refractivity contribution in [2.45, 2.75) is 38.1 Å². The van der Waals surface area contributed by atoms with Crippen molar-refractivity contribution >= 4 is 16.9 Å². The molecule has 0 saturated heterocycles. The van der Waals surface area contributed by atoms with Gasteiger partial charge in [0, 0.05) is 29.6 Å². The molecule has 2 aromatic carbocycles. The van der Waals surface area contributed by atoms with Gasteiger partial charge in [-0.1, -0.05) is 12.1 Å². The molecule has 0 amide bonds. The summed E-state index contributed by atoms with van der Waals surface area (Å²) in [6.07, 6.45) is 2.65. The van der Waals surface area contributed by atoms with Crippen LogP contribution in [0, 0.1) is 11.6 Å². The number of carbonyl (C=O) groups excluding carboxylic acids is 1. The fraction of sp³-hybridized carbons (Fsp3) is 0.348. The highest BCUT2D eigenvalue weighted by atomic mass is 19.1. The predicted octanol–water partition coefficient (Wildman–Crippen LogP) is 4.96. The lowest BCUT2D eigenvalue weighted by molar-refractivity contribution is -0.141. The van der Waals surface area contributed by atoms with Crippen LogP contribution in [-0.4, -0.2) is 24.8 Å². The van der Waals surface area contributed by atoms with E-state index >= 15 is 0 Å². The van der Waals surface area contributed by atoms with Crippen LogP contribution in [-0.2, 0) is 22.5 Å². The molecule has 6 heteroatoms. The molecule has 1 aliphatic rings. The summed E-state index contributed by atoms with van der Waals surface area (Å²) >= 11 is 0. The van der Waals surface area contributed by atoms with Crippen LogP contribution in [0.15, 0.2) is 36.4 Å². The molecule has 0 spiro atoms. The van der Waals surface area contributed by atoms with Gasteiger partial charge in [0.25, 0.3) is 0 Å². The third-order valence-corrected chi connectivity index (χ3v) is 5.73. The Bertz CT molecular complexity index is 1060. The molecule has 0 saturated carbocycles. The molecule has 0 radical (unpaired) electrons. The zero-order chi connectivity index (χ0) is 20.5. The molecular formula is C23H23F2NO3. The highest BCUT2D eigenvalue weighted by Crippen LogP contribution is 2.41. The van der Waals surface area contributed by atoms with Crippen LogP contribution in [0.5, 0.6) is 5.75 Å². The monoisotopic (exact) mass is 399 g/mol. The molecule has 3 aromatic rings. The van der Waals surface area contributed by atoms with Crippen LogP contribution in [0.2, 0.25) is 0 Å². The standard InChI is InChI=1S/C23H23F2NO3/c1-28-17-8-6-14(7-9-17)13-26-22-15(10-21(27)29-2)4-3-5-18(22)19-11-16(24)12-20(25)23(19)26/h6-9,11-12,15H,3-5,10,13H2,1-2H3. The van der Waals surface area contributed by atoms with E-state index in [4.69, 9.17) is 9.47 Å². The summed E-state index contributed by atoms with van der Waals surface area (Å²) in [5.74, 6) is -0.811. The summed E-state index contributed by atoms with van der Waals surface area (Å²) in [5, 5.41) is 0.598. The quantitative estimate of drug-likeness (QED) is 0.570. The second-order valence-electron chi connectivity index (χ2n) is 7.45. The van der Waals surface area contributed by atoms with Crippen LogP contribution < -0.4 is 4.74 Å². The normalized spacial score (nSPS) is 15.9. The zero-order valence-corrected chi connectivity index (χ0v) is 16.5. The Morgan fingerprint density at radius 1 is 1.17 bits per heavy atom. The van der Waals surface area contributed by atoms with E-state index in [9.17, 15) is 13.6 Å². The molecule has 0 fully saturated rings. The van der Waals surface area contributed by atoms with Gasteiger partial charge in [-0.2, -0.15) is 0 Å². The second kappa shape index (κ2) is 7.85. The van der Waals surface area contributed by atoms with Gasteiger partial charge in [0.15, 0.2) is 0 Å².